The Labute approximate surface area is 122 Å². The smallest absolute Gasteiger partial charge is 0.131 e. The van der Waals surface area contributed by atoms with E-state index in [0.717, 1.165) is 30.9 Å². The van der Waals surface area contributed by atoms with Crippen LogP contribution < -0.4 is 0 Å². The Morgan fingerprint density at radius 1 is 1.40 bits per heavy atom. The van der Waals surface area contributed by atoms with Crippen molar-refractivity contribution in [1.82, 2.24) is 9.80 Å². The molecular weight excluding hydrogens is 248 g/mol. The van der Waals surface area contributed by atoms with E-state index in [1.807, 2.05) is 37.3 Å². The lowest BCUT2D eigenvalue weighted by molar-refractivity contribution is -0.112. The first-order chi connectivity index (χ1) is 9.53. The normalized spacial score (nSPS) is 22.9. The van der Waals surface area contributed by atoms with Gasteiger partial charge in [0.1, 0.15) is 6.29 Å². The monoisotopic (exact) mass is 274 g/mol. The summed E-state index contributed by atoms with van der Waals surface area (Å²) in [5.74, 6) is 0.733. The molecule has 0 aliphatic carbocycles. The number of likely N-dealkylation sites (tertiary alicyclic amines) is 1. The third-order valence-electron chi connectivity index (χ3n) is 4.35. The second kappa shape index (κ2) is 6.51. The van der Waals surface area contributed by atoms with Crippen LogP contribution in [0, 0.1) is 5.92 Å². The first kappa shape index (κ1) is 15.2. The number of rotatable bonds is 6. The first-order valence-electron chi connectivity index (χ1n) is 7.42. The summed E-state index contributed by atoms with van der Waals surface area (Å²) < 4.78 is 0. The third-order valence-corrected chi connectivity index (χ3v) is 4.35. The average Bonchev–Trinajstić information content (AvgIpc) is 2.84. The molecule has 1 heterocycles. The van der Waals surface area contributed by atoms with Crippen molar-refractivity contribution >= 4 is 6.29 Å². The molecule has 1 aliphatic heterocycles. The molecular formula is C17H26N2O. The molecule has 1 aliphatic rings. The van der Waals surface area contributed by atoms with Gasteiger partial charge in [-0.1, -0.05) is 30.3 Å². The van der Waals surface area contributed by atoms with Gasteiger partial charge < -0.3 is 14.6 Å². The molecule has 1 aromatic carbocycles. The molecule has 0 spiro atoms. The van der Waals surface area contributed by atoms with E-state index in [4.69, 9.17) is 0 Å². The summed E-state index contributed by atoms with van der Waals surface area (Å²) in [6.07, 6.45) is 2.36. The predicted octanol–water partition coefficient (Wildman–Crippen LogP) is 2.03. The molecule has 110 valence electrons. The van der Waals surface area contributed by atoms with E-state index in [0.29, 0.717) is 0 Å². The van der Waals surface area contributed by atoms with Crippen molar-refractivity contribution in [2.75, 3.05) is 40.3 Å². The van der Waals surface area contributed by atoms with E-state index >= 15 is 0 Å². The van der Waals surface area contributed by atoms with Crippen LogP contribution in [-0.4, -0.2) is 56.4 Å². The van der Waals surface area contributed by atoms with Gasteiger partial charge in [-0.05, 0) is 45.5 Å². The fourth-order valence-electron chi connectivity index (χ4n) is 3.26. The topological polar surface area (TPSA) is 23.6 Å². The summed E-state index contributed by atoms with van der Waals surface area (Å²) in [6.45, 7) is 6.25. The zero-order valence-electron chi connectivity index (χ0n) is 12.9. The lowest BCUT2D eigenvalue weighted by Crippen LogP contribution is -2.40. The fourth-order valence-corrected chi connectivity index (χ4v) is 3.26. The standard InChI is InChI=1S/C17H26N2O/c1-17(14-20,16-7-5-4-6-8-16)13-19(3)12-15-9-10-18(2)11-15/h4-8,14-15H,9-13H2,1-3H3. The molecule has 2 rings (SSSR count). The van der Waals surface area contributed by atoms with Crippen LogP contribution in [0.25, 0.3) is 0 Å². The van der Waals surface area contributed by atoms with Crippen molar-refractivity contribution in [3.8, 4) is 0 Å². The molecule has 3 nitrogen and oxygen atoms in total. The van der Waals surface area contributed by atoms with Crippen molar-refractivity contribution in [3.05, 3.63) is 35.9 Å². The van der Waals surface area contributed by atoms with E-state index in [9.17, 15) is 4.79 Å². The highest BCUT2D eigenvalue weighted by Gasteiger charge is 2.29. The van der Waals surface area contributed by atoms with Crippen LogP contribution in [-0.2, 0) is 10.2 Å². The van der Waals surface area contributed by atoms with Crippen LogP contribution in [0.15, 0.2) is 30.3 Å². The number of carbonyl (C=O) groups excluding carboxylic acids is 1. The van der Waals surface area contributed by atoms with Gasteiger partial charge in [-0.25, -0.2) is 0 Å². The maximum atomic E-state index is 11.6. The van der Waals surface area contributed by atoms with Crippen LogP contribution in [0.4, 0.5) is 0 Å². The van der Waals surface area contributed by atoms with Crippen LogP contribution in [0.2, 0.25) is 0 Å². The second-order valence-electron chi connectivity index (χ2n) is 6.52. The second-order valence-corrected chi connectivity index (χ2v) is 6.52. The van der Waals surface area contributed by atoms with Gasteiger partial charge in [-0.2, -0.15) is 0 Å². The van der Waals surface area contributed by atoms with Gasteiger partial charge in [0.05, 0.1) is 5.41 Å². The van der Waals surface area contributed by atoms with Crippen molar-refractivity contribution in [2.24, 2.45) is 5.92 Å². The summed E-state index contributed by atoms with van der Waals surface area (Å²) in [4.78, 5) is 16.3. The van der Waals surface area contributed by atoms with E-state index < -0.39 is 5.41 Å². The molecule has 1 saturated heterocycles. The molecule has 20 heavy (non-hydrogen) atoms. The van der Waals surface area contributed by atoms with E-state index in [-0.39, 0.29) is 0 Å². The van der Waals surface area contributed by atoms with Crippen LogP contribution in [0.3, 0.4) is 0 Å². The molecule has 2 atom stereocenters. The molecule has 0 radical (unpaired) electrons. The quantitative estimate of drug-likeness (QED) is 0.742. The minimum Gasteiger partial charge on any atom is -0.306 e. The van der Waals surface area contributed by atoms with Gasteiger partial charge in [0, 0.05) is 19.6 Å². The Kier molecular flexibility index (Phi) is 4.95. The van der Waals surface area contributed by atoms with Crippen LogP contribution in [0.1, 0.15) is 18.9 Å². The number of benzene rings is 1. The number of aldehydes is 1. The van der Waals surface area contributed by atoms with E-state index in [1.54, 1.807) is 0 Å². The first-order valence-corrected chi connectivity index (χ1v) is 7.42. The van der Waals surface area contributed by atoms with E-state index in [2.05, 4.69) is 23.9 Å². The molecule has 0 saturated carbocycles. The Bertz CT molecular complexity index is 434. The molecule has 1 aromatic rings. The van der Waals surface area contributed by atoms with Crippen molar-refractivity contribution < 1.29 is 4.79 Å². The van der Waals surface area contributed by atoms with E-state index in [1.165, 1.54) is 19.5 Å². The zero-order valence-corrected chi connectivity index (χ0v) is 12.9. The number of nitrogens with zero attached hydrogens (tertiary/aromatic N) is 2. The molecule has 0 amide bonds. The van der Waals surface area contributed by atoms with Gasteiger partial charge in [0.25, 0.3) is 0 Å². The Morgan fingerprint density at radius 3 is 2.65 bits per heavy atom. The number of carbonyl (C=O) groups is 1. The predicted molar refractivity (Wildman–Crippen MR) is 83.0 cm³/mol. The zero-order chi connectivity index (χ0) is 14.6. The van der Waals surface area contributed by atoms with Gasteiger partial charge in [-0.3, -0.25) is 0 Å². The summed E-state index contributed by atoms with van der Waals surface area (Å²) >= 11 is 0. The lowest BCUT2D eigenvalue weighted by atomic mass is 9.83. The number of hydrogen-bond acceptors (Lipinski definition) is 3. The average molecular weight is 274 g/mol. The maximum absolute atomic E-state index is 11.6. The lowest BCUT2D eigenvalue weighted by Gasteiger charge is -2.31. The van der Waals surface area contributed by atoms with Crippen molar-refractivity contribution in [3.63, 3.8) is 0 Å². The third kappa shape index (κ3) is 3.68. The largest absolute Gasteiger partial charge is 0.306 e. The minimum atomic E-state index is -0.416. The molecule has 1 fully saturated rings. The van der Waals surface area contributed by atoms with Gasteiger partial charge >= 0.3 is 0 Å². The summed E-state index contributed by atoms with van der Waals surface area (Å²) in [5, 5.41) is 0. The summed E-state index contributed by atoms with van der Waals surface area (Å²) in [7, 11) is 4.31. The maximum Gasteiger partial charge on any atom is 0.131 e. The Morgan fingerprint density at radius 2 is 2.10 bits per heavy atom. The fraction of sp³-hybridized carbons (Fsp3) is 0.588. The highest BCUT2D eigenvalue weighted by atomic mass is 16.1. The molecule has 2 unspecified atom stereocenters. The molecule has 3 heteroatoms. The Balaban J connectivity index is 1.97. The molecule has 0 bridgehead atoms. The minimum absolute atomic E-state index is 0.416. The highest BCUT2D eigenvalue weighted by molar-refractivity contribution is 5.68. The molecule has 0 aromatic heterocycles. The summed E-state index contributed by atoms with van der Waals surface area (Å²) in [5.41, 5.74) is 0.686. The van der Waals surface area contributed by atoms with Gasteiger partial charge in [0.2, 0.25) is 0 Å². The van der Waals surface area contributed by atoms with Gasteiger partial charge in [0.15, 0.2) is 0 Å². The summed E-state index contributed by atoms with van der Waals surface area (Å²) in [6, 6.07) is 10.1. The number of hydrogen-bond donors (Lipinski definition) is 0. The van der Waals surface area contributed by atoms with Crippen molar-refractivity contribution in [1.29, 1.82) is 0 Å². The Hall–Kier alpha value is -1.19. The van der Waals surface area contributed by atoms with Crippen LogP contribution in [0.5, 0.6) is 0 Å². The van der Waals surface area contributed by atoms with Gasteiger partial charge in [-0.15, -0.1) is 0 Å². The number of likely N-dealkylation sites (N-methyl/N-ethyl adjacent to an activating group) is 1. The molecule has 0 N–H and O–H groups in total. The SMILES string of the molecule is CN1CCC(CN(C)CC(C)(C=O)c2ccccc2)C1. The highest BCUT2D eigenvalue weighted by Crippen LogP contribution is 2.23. The van der Waals surface area contributed by atoms with Crippen molar-refractivity contribution in [2.45, 2.75) is 18.8 Å². The van der Waals surface area contributed by atoms with Crippen LogP contribution >= 0.6 is 0 Å².